The summed E-state index contributed by atoms with van der Waals surface area (Å²) in [5, 5.41) is 5.13. The number of carbonyl (C=O) groups excluding carboxylic acids is 4. The standard InChI is InChI=1S/C27H28F2N4O5/c1-26(6-3-7-38-26)24(36)33(14-16-8-19(28)11-20(29)9-16)15-22(34)30-21-5-4-17-12-27(13-18(17)10-21)23(35)31-25(37)32(27)2/h4-5,8-11H,3,6-7,12-15H2,1-2H3,(H,30,34)(H,31,35,37). The van der Waals surface area contributed by atoms with Gasteiger partial charge in [0.1, 0.15) is 29.3 Å². The second-order valence-electron chi connectivity index (χ2n) is 10.4. The van der Waals surface area contributed by atoms with Crippen LogP contribution in [0, 0.1) is 11.6 Å². The van der Waals surface area contributed by atoms with Gasteiger partial charge in [0.25, 0.3) is 11.8 Å². The molecule has 11 heteroatoms. The molecular weight excluding hydrogens is 498 g/mol. The zero-order chi connectivity index (χ0) is 27.2. The summed E-state index contributed by atoms with van der Waals surface area (Å²) in [6.45, 7) is 1.52. The maximum Gasteiger partial charge on any atom is 0.324 e. The summed E-state index contributed by atoms with van der Waals surface area (Å²) in [5.41, 5.74) is 0.291. The fourth-order valence-electron chi connectivity index (χ4n) is 5.55. The molecule has 2 unspecified atom stereocenters. The number of rotatable bonds is 6. The van der Waals surface area contributed by atoms with Crippen molar-refractivity contribution in [3.8, 4) is 0 Å². The van der Waals surface area contributed by atoms with Crippen molar-refractivity contribution in [3.05, 3.63) is 64.7 Å². The van der Waals surface area contributed by atoms with Gasteiger partial charge in [0, 0.05) is 44.8 Å². The van der Waals surface area contributed by atoms with Crippen molar-refractivity contribution in [2.45, 2.75) is 50.3 Å². The highest BCUT2D eigenvalue weighted by molar-refractivity contribution is 6.07. The molecular formula is C27H28F2N4O5. The van der Waals surface area contributed by atoms with Gasteiger partial charge in [-0.3, -0.25) is 19.7 Å². The lowest BCUT2D eigenvalue weighted by Gasteiger charge is -2.31. The average Bonchev–Trinajstić information content (AvgIpc) is 3.51. The van der Waals surface area contributed by atoms with Gasteiger partial charge in [-0.15, -0.1) is 0 Å². The Labute approximate surface area is 218 Å². The van der Waals surface area contributed by atoms with Crippen LogP contribution < -0.4 is 10.6 Å². The number of carbonyl (C=O) groups is 4. The average molecular weight is 527 g/mol. The first-order valence-electron chi connectivity index (χ1n) is 12.4. The van der Waals surface area contributed by atoms with E-state index in [4.69, 9.17) is 4.74 Å². The molecule has 5 amide bonds. The largest absolute Gasteiger partial charge is 0.365 e. The zero-order valence-corrected chi connectivity index (χ0v) is 21.1. The SMILES string of the molecule is CN1C(=O)NC(=O)C12Cc1ccc(NC(=O)CN(Cc3cc(F)cc(F)c3)C(=O)C3(C)CCCO3)cc1C2. The summed E-state index contributed by atoms with van der Waals surface area (Å²) >= 11 is 0. The van der Waals surface area contributed by atoms with Crippen molar-refractivity contribution in [3.63, 3.8) is 0 Å². The minimum atomic E-state index is -1.13. The van der Waals surface area contributed by atoms with Crippen LogP contribution in [-0.2, 0) is 38.5 Å². The molecule has 2 aromatic carbocycles. The summed E-state index contributed by atoms with van der Waals surface area (Å²) in [6, 6.07) is 7.79. The molecule has 38 heavy (non-hydrogen) atoms. The van der Waals surface area contributed by atoms with Crippen molar-refractivity contribution in [1.82, 2.24) is 15.1 Å². The van der Waals surface area contributed by atoms with E-state index in [1.807, 2.05) is 0 Å². The van der Waals surface area contributed by atoms with Crippen molar-refractivity contribution in [2.75, 3.05) is 25.5 Å². The van der Waals surface area contributed by atoms with Crippen molar-refractivity contribution >= 4 is 29.4 Å². The third kappa shape index (κ3) is 4.62. The van der Waals surface area contributed by atoms with E-state index >= 15 is 0 Å². The van der Waals surface area contributed by atoms with Crippen LogP contribution in [0.1, 0.15) is 36.5 Å². The van der Waals surface area contributed by atoms with Crippen LogP contribution in [0.25, 0.3) is 0 Å². The molecule has 0 saturated carbocycles. The molecule has 3 aliphatic rings. The molecule has 2 fully saturated rings. The lowest BCUT2D eigenvalue weighted by molar-refractivity contribution is -0.153. The van der Waals surface area contributed by atoms with E-state index in [-0.39, 0.29) is 24.6 Å². The van der Waals surface area contributed by atoms with Gasteiger partial charge < -0.3 is 19.9 Å². The molecule has 9 nitrogen and oxygen atoms in total. The maximum atomic E-state index is 13.8. The molecule has 0 aromatic heterocycles. The highest BCUT2D eigenvalue weighted by Crippen LogP contribution is 2.38. The number of benzene rings is 2. The highest BCUT2D eigenvalue weighted by Gasteiger charge is 2.54. The van der Waals surface area contributed by atoms with E-state index in [1.54, 1.807) is 32.2 Å². The Morgan fingerprint density at radius 3 is 2.45 bits per heavy atom. The van der Waals surface area contributed by atoms with Crippen molar-refractivity contribution in [1.29, 1.82) is 0 Å². The molecule has 200 valence electrons. The number of halogens is 2. The lowest BCUT2D eigenvalue weighted by Crippen LogP contribution is -2.49. The number of amides is 5. The van der Waals surface area contributed by atoms with Crippen LogP contribution in [0.3, 0.4) is 0 Å². The predicted molar refractivity (Wildman–Crippen MR) is 132 cm³/mol. The van der Waals surface area contributed by atoms with Gasteiger partial charge in [-0.25, -0.2) is 13.6 Å². The van der Waals surface area contributed by atoms with Crippen molar-refractivity contribution in [2.24, 2.45) is 0 Å². The van der Waals surface area contributed by atoms with Crippen LogP contribution in [0.5, 0.6) is 0 Å². The molecule has 2 aromatic rings. The summed E-state index contributed by atoms with van der Waals surface area (Å²) in [4.78, 5) is 53.6. The van der Waals surface area contributed by atoms with Gasteiger partial charge in [0.05, 0.1) is 0 Å². The van der Waals surface area contributed by atoms with Gasteiger partial charge >= 0.3 is 6.03 Å². The Bertz CT molecular complexity index is 1320. The smallest absolute Gasteiger partial charge is 0.324 e. The Hall–Kier alpha value is -3.86. The van der Waals surface area contributed by atoms with E-state index in [1.165, 1.54) is 9.80 Å². The number of nitrogens with zero attached hydrogens (tertiary/aromatic N) is 2. The first-order chi connectivity index (χ1) is 18.0. The van der Waals surface area contributed by atoms with Gasteiger partial charge in [-0.1, -0.05) is 6.07 Å². The Kier molecular flexibility index (Phi) is 6.42. The summed E-state index contributed by atoms with van der Waals surface area (Å²) < 4.78 is 33.3. The quantitative estimate of drug-likeness (QED) is 0.563. The number of urea groups is 1. The van der Waals surface area contributed by atoms with E-state index in [2.05, 4.69) is 10.6 Å². The molecule has 2 atom stereocenters. The molecule has 2 saturated heterocycles. The minimum Gasteiger partial charge on any atom is -0.365 e. The van der Waals surface area contributed by atoms with E-state index in [9.17, 15) is 28.0 Å². The normalized spacial score (nSPS) is 24.1. The Balaban J connectivity index is 1.32. The van der Waals surface area contributed by atoms with Crippen LogP contribution in [-0.4, -0.2) is 64.9 Å². The third-order valence-corrected chi connectivity index (χ3v) is 7.63. The molecule has 0 radical (unpaired) electrons. The lowest BCUT2D eigenvalue weighted by atomic mass is 9.95. The molecule has 2 heterocycles. The summed E-state index contributed by atoms with van der Waals surface area (Å²) in [6.07, 6.45) is 1.84. The second kappa shape index (κ2) is 9.46. The molecule has 0 bridgehead atoms. The number of fused-ring (bicyclic) bond motifs is 1. The van der Waals surface area contributed by atoms with Gasteiger partial charge in [-0.2, -0.15) is 0 Å². The first kappa shape index (κ1) is 25.8. The Morgan fingerprint density at radius 2 is 1.82 bits per heavy atom. The molecule has 2 aliphatic heterocycles. The molecule has 2 N–H and O–H groups in total. The second-order valence-corrected chi connectivity index (χ2v) is 10.4. The minimum absolute atomic E-state index is 0.179. The van der Waals surface area contributed by atoms with E-state index in [0.29, 0.717) is 38.0 Å². The summed E-state index contributed by atoms with van der Waals surface area (Å²) in [5.74, 6) is -2.85. The molecule has 1 spiro atoms. The van der Waals surface area contributed by atoms with E-state index < -0.39 is 40.6 Å². The molecule has 5 rings (SSSR count). The van der Waals surface area contributed by atoms with Crippen LogP contribution in [0.4, 0.5) is 19.3 Å². The fraction of sp³-hybridized carbons (Fsp3) is 0.407. The number of imide groups is 1. The number of hydrogen-bond acceptors (Lipinski definition) is 5. The molecule has 1 aliphatic carbocycles. The van der Waals surface area contributed by atoms with Gasteiger partial charge in [-0.05, 0) is 60.7 Å². The number of anilines is 1. The monoisotopic (exact) mass is 526 g/mol. The topological polar surface area (TPSA) is 108 Å². The maximum absolute atomic E-state index is 13.8. The zero-order valence-electron chi connectivity index (χ0n) is 21.1. The summed E-state index contributed by atoms with van der Waals surface area (Å²) in [7, 11) is 1.58. The number of likely N-dealkylation sites (N-methyl/N-ethyl adjacent to an activating group) is 1. The first-order valence-corrected chi connectivity index (χ1v) is 12.4. The number of nitrogens with one attached hydrogen (secondary N) is 2. The van der Waals surface area contributed by atoms with Crippen LogP contribution >= 0.6 is 0 Å². The fourth-order valence-corrected chi connectivity index (χ4v) is 5.55. The Morgan fingerprint density at radius 1 is 1.11 bits per heavy atom. The van der Waals surface area contributed by atoms with E-state index in [0.717, 1.165) is 29.3 Å². The van der Waals surface area contributed by atoms with Gasteiger partial charge in [0.15, 0.2) is 0 Å². The van der Waals surface area contributed by atoms with Crippen LogP contribution in [0.15, 0.2) is 36.4 Å². The van der Waals surface area contributed by atoms with Gasteiger partial charge in [0.2, 0.25) is 5.91 Å². The number of hydrogen-bond donors (Lipinski definition) is 2. The predicted octanol–water partition coefficient (Wildman–Crippen LogP) is 2.52. The van der Waals surface area contributed by atoms with Crippen molar-refractivity contribution < 1.29 is 32.7 Å². The number of ether oxygens (including phenoxy) is 1. The highest BCUT2D eigenvalue weighted by atomic mass is 19.1. The van der Waals surface area contributed by atoms with Crippen LogP contribution in [0.2, 0.25) is 0 Å². The third-order valence-electron chi connectivity index (χ3n) is 7.63.